The van der Waals surface area contributed by atoms with Crippen LogP contribution < -0.4 is 9.80 Å². The molecule has 2 aliphatic heterocycles. The number of anilines is 2. The van der Waals surface area contributed by atoms with E-state index in [2.05, 4.69) is 15.7 Å². The summed E-state index contributed by atoms with van der Waals surface area (Å²) in [5.41, 5.74) is 1.22. The average molecular weight is 426 g/mol. The minimum Gasteiger partial charge on any atom is -0.465 e. The monoisotopic (exact) mass is 425 g/mol. The van der Waals surface area contributed by atoms with Crippen molar-refractivity contribution in [3.05, 3.63) is 24.3 Å². The lowest BCUT2D eigenvalue weighted by Gasteiger charge is -2.41. The standard InChI is InChI=1S/C24H31N3O4/c1-2-14-27(23(30)31)20-6-4-18(5-7-20)25-15-3-12-24(17-25)13-16-26(22(24)29)19-8-10-21(28)11-9-19/h1,4-7,19,21,28H,3,8-17H2,(H,30,31)/t19-,21-,24?. The Hall–Kier alpha value is -2.72. The Kier molecular flexibility index (Phi) is 6.10. The van der Waals surface area contributed by atoms with E-state index in [1.807, 2.05) is 12.1 Å². The van der Waals surface area contributed by atoms with Crippen molar-refractivity contribution in [3.8, 4) is 12.3 Å². The zero-order valence-corrected chi connectivity index (χ0v) is 17.9. The molecule has 1 unspecified atom stereocenters. The number of carbonyl (C=O) groups excluding carboxylic acids is 1. The molecule has 166 valence electrons. The Morgan fingerprint density at radius 1 is 1.16 bits per heavy atom. The molecule has 0 aromatic heterocycles. The van der Waals surface area contributed by atoms with Crippen molar-refractivity contribution in [2.45, 2.75) is 57.1 Å². The zero-order chi connectivity index (χ0) is 22.0. The van der Waals surface area contributed by atoms with E-state index >= 15 is 0 Å². The van der Waals surface area contributed by atoms with Crippen LogP contribution in [0, 0.1) is 17.8 Å². The number of piperidine rings is 1. The van der Waals surface area contributed by atoms with Crippen molar-refractivity contribution < 1.29 is 19.8 Å². The number of hydrogen-bond donors (Lipinski definition) is 2. The molecule has 2 saturated heterocycles. The molecular weight excluding hydrogens is 394 g/mol. The smallest absolute Gasteiger partial charge is 0.412 e. The number of carboxylic acid groups (broad SMARTS) is 1. The van der Waals surface area contributed by atoms with Gasteiger partial charge in [-0.25, -0.2) is 4.79 Å². The van der Waals surface area contributed by atoms with E-state index in [1.165, 1.54) is 0 Å². The fourth-order valence-corrected chi connectivity index (χ4v) is 5.50. The van der Waals surface area contributed by atoms with Crippen molar-refractivity contribution in [1.82, 2.24) is 4.90 Å². The first kappa shape index (κ1) is 21.5. The van der Waals surface area contributed by atoms with Gasteiger partial charge < -0.3 is 20.0 Å². The maximum absolute atomic E-state index is 13.5. The number of nitrogens with zero attached hydrogens (tertiary/aromatic N) is 3. The Bertz CT molecular complexity index is 857. The van der Waals surface area contributed by atoms with Crippen LogP contribution in [0.3, 0.4) is 0 Å². The maximum Gasteiger partial charge on any atom is 0.412 e. The molecule has 2 N–H and O–H groups in total. The molecule has 31 heavy (non-hydrogen) atoms. The molecule has 1 aliphatic carbocycles. The number of benzene rings is 1. The molecule has 1 aromatic carbocycles. The van der Waals surface area contributed by atoms with Gasteiger partial charge in [0.25, 0.3) is 0 Å². The summed E-state index contributed by atoms with van der Waals surface area (Å²) < 4.78 is 0. The molecule has 1 saturated carbocycles. The van der Waals surface area contributed by atoms with Gasteiger partial charge in [-0.15, -0.1) is 6.42 Å². The fraction of sp³-hybridized carbons (Fsp3) is 0.583. The number of amides is 2. The lowest BCUT2D eigenvalue weighted by Crippen LogP contribution is -2.50. The minimum atomic E-state index is -1.07. The Labute approximate surface area is 183 Å². The van der Waals surface area contributed by atoms with E-state index in [0.717, 1.165) is 68.6 Å². The summed E-state index contributed by atoms with van der Waals surface area (Å²) in [5.74, 6) is 2.65. The highest BCUT2D eigenvalue weighted by molar-refractivity contribution is 5.87. The van der Waals surface area contributed by atoms with Crippen LogP contribution in [0.1, 0.15) is 44.9 Å². The van der Waals surface area contributed by atoms with Crippen molar-refractivity contribution in [3.63, 3.8) is 0 Å². The predicted octanol–water partition coefficient (Wildman–Crippen LogP) is 2.93. The molecule has 7 nitrogen and oxygen atoms in total. The largest absolute Gasteiger partial charge is 0.465 e. The molecule has 2 amide bonds. The topological polar surface area (TPSA) is 84.3 Å². The molecule has 7 heteroatoms. The third-order valence-corrected chi connectivity index (χ3v) is 7.24. The van der Waals surface area contributed by atoms with E-state index in [0.29, 0.717) is 12.2 Å². The molecule has 0 bridgehead atoms. The number of hydrogen-bond acceptors (Lipinski definition) is 4. The van der Waals surface area contributed by atoms with Gasteiger partial charge >= 0.3 is 6.09 Å². The molecule has 2 heterocycles. The summed E-state index contributed by atoms with van der Waals surface area (Å²) in [6.07, 6.45) is 10.1. The van der Waals surface area contributed by atoms with Crippen LogP contribution in [0.2, 0.25) is 0 Å². The van der Waals surface area contributed by atoms with Crippen molar-refractivity contribution >= 4 is 23.4 Å². The maximum atomic E-state index is 13.5. The third-order valence-electron chi connectivity index (χ3n) is 7.24. The summed E-state index contributed by atoms with van der Waals surface area (Å²) in [4.78, 5) is 30.4. The van der Waals surface area contributed by atoms with Gasteiger partial charge in [0.2, 0.25) is 5.91 Å². The van der Waals surface area contributed by atoms with Gasteiger partial charge in [-0.05, 0) is 69.2 Å². The van der Waals surface area contributed by atoms with Gasteiger partial charge in [-0.1, -0.05) is 5.92 Å². The average Bonchev–Trinajstić information content (AvgIpc) is 3.08. The normalized spacial score (nSPS) is 28.6. The van der Waals surface area contributed by atoms with E-state index < -0.39 is 6.09 Å². The molecule has 1 aromatic rings. The van der Waals surface area contributed by atoms with Gasteiger partial charge in [0.1, 0.15) is 0 Å². The number of likely N-dealkylation sites (tertiary alicyclic amines) is 1. The lowest BCUT2D eigenvalue weighted by atomic mass is 9.78. The third kappa shape index (κ3) is 4.22. The van der Waals surface area contributed by atoms with Crippen molar-refractivity contribution in [2.24, 2.45) is 5.41 Å². The Morgan fingerprint density at radius 2 is 1.87 bits per heavy atom. The van der Waals surface area contributed by atoms with Crippen LogP contribution in [-0.2, 0) is 4.79 Å². The SMILES string of the molecule is C#CCN(C(=O)O)c1ccc(N2CCCC3(CCN([C@H]4CC[C@H](O)CC4)C3=O)C2)cc1. The highest BCUT2D eigenvalue weighted by Gasteiger charge is 2.50. The first-order valence-corrected chi connectivity index (χ1v) is 11.2. The lowest BCUT2D eigenvalue weighted by molar-refractivity contribution is -0.139. The highest BCUT2D eigenvalue weighted by Crippen LogP contribution is 2.43. The van der Waals surface area contributed by atoms with E-state index in [4.69, 9.17) is 6.42 Å². The first-order chi connectivity index (χ1) is 14.9. The van der Waals surface area contributed by atoms with Crippen molar-refractivity contribution in [2.75, 3.05) is 36.0 Å². The van der Waals surface area contributed by atoms with Crippen LogP contribution in [-0.4, -0.2) is 65.4 Å². The predicted molar refractivity (Wildman–Crippen MR) is 119 cm³/mol. The number of rotatable bonds is 4. The van der Waals surface area contributed by atoms with Crippen LogP contribution in [0.5, 0.6) is 0 Å². The number of terminal acetylenes is 1. The van der Waals surface area contributed by atoms with E-state index in [-0.39, 0.29) is 30.0 Å². The molecule has 3 fully saturated rings. The van der Waals surface area contributed by atoms with E-state index in [9.17, 15) is 19.8 Å². The van der Waals surface area contributed by atoms with Gasteiger partial charge in [-0.3, -0.25) is 9.69 Å². The van der Waals surface area contributed by atoms with Gasteiger partial charge in [0.05, 0.1) is 18.1 Å². The number of aliphatic hydroxyl groups is 1. The van der Waals surface area contributed by atoms with E-state index in [1.54, 1.807) is 12.1 Å². The number of aliphatic hydroxyl groups excluding tert-OH is 1. The second-order valence-corrected chi connectivity index (χ2v) is 9.11. The van der Waals surface area contributed by atoms with Crippen LogP contribution >= 0.6 is 0 Å². The molecule has 1 atom stereocenters. The molecule has 4 rings (SSSR count). The molecule has 1 spiro atoms. The second-order valence-electron chi connectivity index (χ2n) is 9.11. The molecular formula is C24H31N3O4. The summed E-state index contributed by atoms with van der Waals surface area (Å²) >= 11 is 0. The first-order valence-electron chi connectivity index (χ1n) is 11.2. The number of carbonyl (C=O) groups is 2. The summed E-state index contributed by atoms with van der Waals surface area (Å²) in [7, 11) is 0. The fourth-order valence-electron chi connectivity index (χ4n) is 5.50. The molecule has 0 radical (unpaired) electrons. The van der Waals surface area contributed by atoms with Crippen LogP contribution in [0.4, 0.5) is 16.2 Å². The van der Waals surface area contributed by atoms with Crippen LogP contribution in [0.25, 0.3) is 0 Å². The summed E-state index contributed by atoms with van der Waals surface area (Å²) in [6.45, 7) is 2.40. The quantitative estimate of drug-likeness (QED) is 0.725. The van der Waals surface area contributed by atoms with Gasteiger partial charge in [0.15, 0.2) is 0 Å². The summed E-state index contributed by atoms with van der Waals surface area (Å²) in [6, 6.07) is 7.65. The second kappa shape index (κ2) is 8.80. The van der Waals surface area contributed by atoms with Crippen molar-refractivity contribution in [1.29, 1.82) is 0 Å². The molecule has 3 aliphatic rings. The highest BCUT2D eigenvalue weighted by atomic mass is 16.4. The zero-order valence-electron chi connectivity index (χ0n) is 17.9. The summed E-state index contributed by atoms with van der Waals surface area (Å²) in [5, 5.41) is 19.2. The van der Waals surface area contributed by atoms with Gasteiger partial charge in [-0.2, -0.15) is 0 Å². The van der Waals surface area contributed by atoms with Gasteiger partial charge in [0, 0.05) is 37.1 Å². The Morgan fingerprint density at radius 3 is 2.52 bits per heavy atom. The van der Waals surface area contributed by atoms with Crippen LogP contribution in [0.15, 0.2) is 24.3 Å². The minimum absolute atomic E-state index is 0.00400. The Balaban J connectivity index is 1.46.